The lowest BCUT2D eigenvalue weighted by Crippen LogP contribution is -1.92. The molecule has 1 aromatic carbocycles. The molecule has 0 fully saturated rings. The Hall–Kier alpha value is -1.56. The standard InChI is InChI=1S/C15H14/c1-2-7-13-8-6-11-15(12-13)14-9-4-3-5-10-14/h3-9,11-12H,2H2,1H3. The average molecular weight is 194 g/mol. The first-order chi connectivity index (χ1) is 7.40. The van der Waals surface area contributed by atoms with E-state index in [9.17, 15) is 0 Å². The van der Waals surface area contributed by atoms with Crippen molar-refractivity contribution in [2.45, 2.75) is 13.3 Å². The van der Waals surface area contributed by atoms with Crippen LogP contribution in [0.25, 0.3) is 5.57 Å². The van der Waals surface area contributed by atoms with E-state index >= 15 is 0 Å². The fourth-order valence-electron chi connectivity index (χ4n) is 1.64. The summed E-state index contributed by atoms with van der Waals surface area (Å²) in [6, 6.07) is 11.3. The molecule has 0 aromatic heterocycles. The van der Waals surface area contributed by atoms with E-state index in [-0.39, 0.29) is 0 Å². The summed E-state index contributed by atoms with van der Waals surface area (Å²) in [7, 11) is 0. The quantitative estimate of drug-likeness (QED) is 0.668. The average Bonchev–Trinajstić information content (AvgIpc) is 2.31. The molecule has 0 nitrogen and oxygen atoms in total. The molecule has 0 spiro atoms. The van der Waals surface area contributed by atoms with Gasteiger partial charge in [0.1, 0.15) is 0 Å². The normalized spacial score (nSPS) is 17.9. The smallest absolute Gasteiger partial charge is 0.0202 e. The first-order valence-electron chi connectivity index (χ1n) is 5.30. The van der Waals surface area contributed by atoms with Crippen LogP contribution in [0.5, 0.6) is 0 Å². The molecule has 0 N–H and O–H groups in total. The van der Waals surface area contributed by atoms with Gasteiger partial charge in [-0.15, -0.1) is 0 Å². The van der Waals surface area contributed by atoms with Crippen LogP contribution in [0.3, 0.4) is 0 Å². The molecule has 2 radical (unpaired) electrons. The summed E-state index contributed by atoms with van der Waals surface area (Å²) < 4.78 is 0. The van der Waals surface area contributed by atoms with Gasteiger partial charge in [0.05, 0.1) is 0 Å². The van der Waals surface area contributed by atoms with Crippen LogP contribution in [-0.2, 0) is 0 Å². The zero-order valence-electron chi connectivity index (χ0n) is 8.90. The van der Waals surface area contributed by atoms with Crippen LogP contribution in [0, 0.1) is 12.5 Å². The third kappa shape index (κ3) is 2.47. The third-order valence-electron chi connectivity index (χ3n) is 2.35. The lowest BCUT2D eigenvalue weighted by molar-refractivity contribution is 1.20. The summed E-state index contributed by atoms with van der Waals surface area (Å²) in [5, 5.41) is 0. The Balaban J connectivity index is 2.23. The molecular formula is C15H14. The lowest BCUT2D eigenvalue weighted by atomic mass is 9.94. The molecule has 0 amide bonds. The van der Waals surface area contributed by atoms with Gasteiger partial charge in [0.2, 0.25) is 0 Å². The van der Waals surface area contributed by atoms with Gasteiger partial charge in [-0.3, -0.25) is 0 Å². The van der Waals surface area contributed by atoms with Crippen LogP contribution >= 0.6 is 0 Å². The molecule has 1 aliphatic carbocycles. The van der Waals surface area contributed by atoms with Crippen molar-refractivity contribution in [3.05, 3.63) is 72.2 Å². The summed E-state index contributed by atoms with van der Waals surface area (Å²) in [5.41, 5.74) is 3.67. The number of hydrogen-bond acceptors (Lipinski definition) is 0. The summed E-state index contributed by atoms with van der Waals surface area (Å²) in [6.45, 7) is 2.15. The highest BCUT2D eigenvalue weighted by Gasteiger charge is 2.06. The minimum Gasteiger partial charge on any atom is -0.0809 e. The summed E-state index contributed by atoms with van der Waals surface area (Å²) in [6.07, 6.45) is 11.9. The summed E-state index contributed by atoms with van der Waals surface area (Å²) >= 11 is 0. The fourth-order valence-corrected chi connectivity index (χ4v) is 1.64. The van der Waals surface area contributed by atoms with E-state index in [1.165, 1.54) is 11.1 Å². The van der Waals surface area contributed by atoms with E-state index in [2.05, 4.69) is 49.8 Å². The van der Waals surface area contributed by atoms with Crippen LogP contribution in [-0.4, -0.2) is 0 Å². The number of hydrogen-bond donors (Lipinski definition) is 0. The van der Waals surface area contributed by atoms with E-state index in [4.69, 9.17) is 0 Å². The zero-order chi connectivity index (χ0) is 10.5. The van der Waals surface area contributed by atoms with Crippen molar-refractivity contribution in [3.8, 4) is 0 Å². The molecular weight excluding hydrogens is 180 g/mol. The van der Waals surface area contributed by atoms with Gasteiger partial charge in [-0.25, -0.2) is 0 Å². The van der Waals surface area contributed by atoms with Crippen molar-refractivity contribution in [2.75, 3.05) is 0 Å². The second-order valence-corrected chi connectivity index (χ2v) is 3.51. The molecule has 0 unspecified atom stereocenters. The monoisotopic (exact) mass is 194 g/mol. The topological polar surface area (TPSA) is 0 Å². The lowest BCUT2D eigenvalue weighted by Gasteiger charge is -2.11. The van der Waals surface area contributed by atoms with Gasteiger partial charge in [-0.2, -0.15) is 0 Å². The van der Waals surface area contributed by atoms with Crippen molar-refractivity contribution in [1.82, 2.24) is 0 Å². The predicted octanol–water partition coefficient (Wildman–Crippen LogP) is 3.98. The Labute approximate surface area is 91.6 Å². The van der Waals surface area contributed by atoms with E-state index in [1.54, 1.807) is 0 Å². The maximum Gasteiger partial charge on any atom is 0.0202 e. The molecule has 0 saturated heterocycles. The van der Waals surface area contributed by atoms with Gasteiger partial charge in [0.25, 0.3) is 0 Å². The van der Waals surface area contributed by atoms with E-state index in [0.29, 0.717) is 0 Å². The van der Waals surface area contributed by atoms with Gasteiger partial charge in [0.15, 0.2) is 0 Å². The summed E-state index contributed by atoms with van der Waals surface area (Å²) in [5.74, 6) is 0. The molecule has 1 aromatic rings. The fraction of sp³-hybridized carbons (Fsp3) is 0.133. The maximum atomic E-state index is 3.24. The van der Waals surface area contributed by atoms with Crippen LogP contribution in [0.1, 0.15) is 18.9 Å². The molecule has 0 heteroatoms. The highest BCUT2D eigenvalue weighted by atomic mass is 14.1. The third-order valence-corrected chi connectivity index (χ3v) is 2.35. The highest BCUT2D eigenvalue weighted by Crippen LogP contribution is 2.25. The minimum atomic E-state index is 1.07. The number of allylic oxidation sites excluding steroid dienone is 6. The second kappa shape index (κ2) is 4.79. The predicted molar refractivity (Wildman–Crippen MR) is 65.1 cm³/mol. The van der Waals surface area contributed by atoms with Gasteiger partial charge < -0.3 is 0 Å². The van der Waals surface area contributed by atoms with Gasteiger partial charge in [-0.1, -0.05) is 55.5 Å². The van der Waals surface area contributed by atoms with Gasteiger partial charge in [-0.05, 0) is 29.2 Å². The Bertz CT molecular complexity index is 405. The molecule has 15 heavy (non-hydrogen) atoms. The van der Waals surface area contributed by atoms with Crippen molar-refractivity contribution in [2.24, 2.45) is 0 Å². The first-order valence-corrected chi connectivity index (χ1v) is 5.30. The maximum absolute atomic E-state index is 3.24. The molecule has 0 atom stereocenters. The Morgan fingerprint density at radius 1 is 1.33 bits per heavy atom. The molecule has 1 aliphatic rings. The summed E-state index contributed by atoms with van der Waals surface area (Å²) in [4.78, 5) is 0. The molecule has 0 heterocycles. The molecule has 0 bridgehead atoms. The molecule has 0 aliphatic heterocycles. The van der Waals surface area contributed by atoms with E-state index in [1.807, 2.05) is 18.2 Å². The van der Waals surface area contributed by atoms with E-state index < -0.39 is 0 Å². The van der Waals surface area contributed by atoms with Gasteiger partial charge >= 0.3 is 0 Å². The minimum absolute atomic E-state index is 1.07. The highest BCUT2D eigenvalue weighted by molar-refractivity contribution is 5.78. The van der Waals surface area contributed by atoms with Crippen molar-refractivity contribution in [1.29, 1.82) is 0 Å². The molecule has 2 rings (SSSR count). The second-order valence-electron chi connectivity index (χ2n) is 3.51. The SMILES string of the molecule is CCC=C1[CH]C(c2[c]cccc2)=CC=C1. The first kappa shape index (κ1) is 9.97. The van der Waals surface area contributed by atoms with Crippen molar-refractivity contribution in [3.63, 3.8) is 0 Å². The van der Waals surface area contributed by atoms with Crippen LogP contribution in [0.4, 0.5) is 0 Å². The number of benzene rings is 1. The molecule has 74 valence electrons. The number of rotatable bonds is 2. The zero-order valence-corrected chi connectivity index (χ0v) is 8.90. The van der Waals surface area contributed by atoms with Crippen LogP contribution < -0.4 is 0 Å². The van der Waals surface area contributed by atoms with Crippen molar-refractivity contribution >= 4 is 5.57 Å². The van der Waals surface area contributed by atoms with Gasteiger partial charge in [0, 0.05) is 6.42 Å². The van der Waals surface area contributed by atoms with Crippen molar-refractivity contribution < 1.29 is 0 Å². The van der Waals surface area contributed by atoms with E-state index in [0.717, 1.165) is 12.0 Å². The largest absolute Gasteiger partial charge is 0.0809 e. The Morgan fingerprint density at radius 3 is 3.00 bits per heavy atom. The molecule has 0 saturated carbocycles. The van der Waals surface area contributed by atoms with Crippen LogP contribution in [0.15, 0.2) is 54.1 Å². The Kier molecular flexibility index (Phi) is 3.18. The Morgan fingerprint density at radius 2 is 2.27 bits per heavy atom. The van der Waals surface area contributed by atoms with Crippen LogP contribution in [0.2, 0.25) is 0 Å².